The Balaban J connectivity index is 1.51. The molecule has 1 atom stereocenters. The van der Waals surface area contributed by atoms with Crippen LogP contribution in [-0.4, -0.2) is 34.9 Å². The van der Waals surface area contributed by atoms with Crippen LogP contribution in [0.5, 0.6) is 0 Å². The molecule has 1 amide bonds. The van der Waals surface area contributed by atoms with E-state index in [1.165, 1.54) is 37.9 Å². The van der Waals surface area contributed by atoms with E-state index in [4.69, 9.17) is 0 Å². The number of likely N-dealkylation sites (tertiary alicyclic amines) is 1. The molecule has 0 radical (unpaired) electrons. The Labute approximate surface area is 150 Å². The zero-order valence-electron chi connectivity index (χ0n) is 14.9. The lowest BCUT2D eigenvalue weighted by Gasteiger charge is -2.26. The molecule has 2 aromatic rings. The molecular formula is C21H27N3O. The van der Waals surface area contributed by atoms with Crippen molar-refractivity contribution in [2.45, 2.75) is 45.2 Å². The third-order valence-electron chi connectivity index (χ3n) is 4.71. The molecule has 25 heavy (non-hydrogen) atoms. The standard InChI is InChI=1S/C21H27N3O/c1-17(14-19-6-5-11-22-15-19)23-21(25)20-9-7-18(8-10-20)16-24-12-3-2-4-13-24/h5-11,15,17H,2-4,12-14,16H2,1H3,(H,23,25)/t17-/m0/s1. The topological polar surface area (TPSA) is 45.2 Å². The van der Waals surface area contributed by atoms with Crippen LogP contribution in [0.1, 0.15) is 47.7 Å². The van der Waals surface area contributed by atoms with Crippen molar-refractivity contribution in [2.24, 2.45) is 0 Å². The van der Waals surface area contributed by atoms with Crippen molar-refractivity contribution >= 4 is 5.91 Å². The number of carbonyl (C=O) groups excluding carboxylic acids is 1. The van der Waals surface area contributed by atoms with Crippen LogP contribution in [0.3, 0.4) is 0 Å². The number of amides is 1. The quantitative estimate of drug-likeness (QED) is 0.878. The average molecular weight is 337 g/mol. The van der Waals surface area contributed by atoms with Crippen molar-refractivity contribution in [3.63, 3.8) is 0 Å². The highest BCUT2D eigenvalue weighted by atomic mass is 16.1. The molecule has 132 valence electrons. The van der Waals surface area contributed by atoms with Crippen molar-refractivity contribution in [2.75, 3.05) is 13.1 Å². The van der Waals surface area contributed by atoms with E-state index in [1.54, 1.807) is 6.20 Å². The molecule has 0 saturated carbocycles. The van der Waals surface area contributed by atoms with Gasteiger partial charge in [0.25, 0.3) is 5.91 Å². The predicted octanol–water partition coefficient (Wildman–Crippen LogP) is 3.43. The summed E-state index contributed by atoms with van der Waals surface area (Å²) in [7, 11) is 0. The summed E-state index contributed by atoms with van der Waals surface area (Å²) in [4.78, 5) is 19.0. The van der Waals surface area contributed by atoms with Gasteiger partial charge in [0.15, 0.2) is 0 Å². The smallest absolute Gasteiger partial charge is 0.251 e. The molecule has 0 unspecified atom stereocenters. The van der Waals surface area contributed by atoms with Crippen LogP contribution in [-0.2, 0) is 13.0 Å². The van der Waals surface area contributed by atoms with Crippen LogP contribution in [0.4, 0.5) is 0 Å². The molecule has 4 heteroatoms. The first kappa shape index (κ1) is 17.6. The van der Waals surface area contributed by atoms with Crippen LogP contribution in [0.15, 0.2) is 48.8 Å². The van der Waals surface area contributed by atoms with E-state index in [9.17, 15) is 4.79 Å². The molecule has 0 aliphatic carbocycles. The Bertz CT molecular complexity index is 663. The van der Waals surface area contributed by atoms with E-state index >= 15 is 0 Å². The Kier molecular flexibility index (Phi) is 6.18. The number of hydrogen-bond acceptors (Lipinski definition) is 3. The van der Waals surface area contributed by atoms with Crippen LogP contribution in [0.2, 0.25) is 0 Å². The number of nitrogens with zero attached hydrogens (tertiary/aromatic N) is 2. The highest BCUT2D eigenvalue weighted by Crippen LogP contribution is 2.14. The molecule has 0 bridgehead atoms. The number of benzene rings is 1. The van der Waals surface area contributed by atoms with Gasteiger partial charge in [-0.15, -0.1) is 0 Å². The van der Waals surface area contributed by atoms with E-state index in [-0.39, 0.29) is 11.9 Å². The number of rotatable bonds is 6. The average Bonchev–Trinajstić information content (AvgIpc) is 2.64. The van der Waals surface area contributed by atoms with Gasteiger partial charge in [0.1, 0.15) is 0 Å². The van der Waals surface area contributed by atoms with Gasteiger partial charge in [0.05, 0.1) is 0 Å². The summed E-state index contributed by atoms with van der Waals surface area (Å²) in [6, 6.07) is 12.1. The summed E-state index contributed by atoms with van der Waals surface area (Å²) in [5, 5.41) is 3.07. The highest BCUT2D eigenvalue weighted by molar-refractivity contribution is 5.94. The molecular weight excluding hydrogens is 310 g/mol. The molecule has 0 spiro atoms. The van der Waals surface area contributed by atoms with Crippen molar-refractivity contribution in [3.05, 3.63) is 65.5 Å². The first-order valence-electron chi connectivity index (χ1n) is 9.22. The fourth-order valence-corrected chi connectivity index (χ4v) is 3.37. The van der Waals surface area contributed by atoms with Crippen molar-refractivity contribution in [1.82, 2.24) is 15.2 Å². The second-order valence-corrected chi connectivity index (χ2v) is 6.97. The summed E-state index contributed by atoms with van der Waals surface area (Å²) >= 11 is 0. The molecule has 1 N–H and O–H groups in total. The SMILES string of the molecule is C[C@@H](Cc1cccnc1)NC(=O)c1ccc(CN2CCCCC2)cc1. The summed E-state index contributed by atoms with van der Waals surface area (Å²) in [5.41, 5.74) is 3.13. The van der Waals surface area contributed by atoms with Gasteiger partial charge < -0.3 is 5.32 Å². The number of aromatic nitrogens is 1. The molecule has 1 fully saturated rings. The van der Waals surface area contributed by atoms with Gasteiger partial charge in [0, 0.05) is 30.5 Å². The van der Waals surface area contributed by atoms with Gasteiger partial charge in [-0.25, -0.2) is 0 Å². The van der Waals surface area contributed by atoms with E-state index in [2.05, 4.69) is 27.3 Å². The number of carbonyl (C=O) groups is 1. The summed E-state index contributed by atoms with van der Waals surface area (Å²) in [6.45, 7) is 5.39. The zero-order valence-corrected chi connectivity index (χ0v) is 14.9. The zero-order chi connectivity index (χ0) is 17.5. The maximum atomic E-state index is 12.4. The Morgan fingerprint density at radius 1 is 1.12 bits per heavy atom. The Hall–Kier alpha value is -2.20. The monoisotopic (exact) mass is 337 g/mol. The van der Waals surface area contributed by atoms with Gasteiger partial charge in [-0.2, -0.15) is 0 Å². The molecule has 1 aromatic carbocycles. The normalized spacial score (nSPS) is 16.4. The molecule has 1 saturated heterocycles. The van der Waals surface area contributed by atoms with Gasteiger partial charge in [0.2, 0.25) is 0 Å². The minimum atomic E-state index is -0.0130. The fourth-order valence-electron chi connectivity index (χ4n) is 3.37. The number of hydrogen-bond donors (Lipinski definition) is 1. The second kappa shape index (κ2) is 8.77. The largest absolute Gasteiger partial charge is 0.349 e. The third-order valence-corrected chi connectivity index (χ3v) is 4.71. The number of nitrogens with one attached hydrogen (secondary N) is 1. The second-order valence-electron chi connectivity index (χ2n) is 6.97. The van der Waals surface area contributed by atoms with E-state index in [1.807, 2.05) is 37.4 Å². The van der Waals surface area contributed by atoms with E-state index in [0.717, 1.165) is 24.1 Å². The first-order valence-corrected chi connectivity index (χ1v) is 9.22. The number of pyridine rings is 1. The molecule has 1 aliphatic rings. The highest BCUT2D eigenvalue weighted by Gasteiger charge is 2.12. The fraction of sp³-hybridized carbons (Fsp3) is 0.429. The number of piperidine rings is 1. The van der Waals surface area contributed by atoms with Gasteiger partial charge in [-0.3, -0.25) is 14.7 Å². The lowest BCUT2D eigenvalue weighted by Crippen LogP contribution is -2.34. The molecule has 1 aromatic heterocycles. The van der Waals surface area contributed by atoms with Crippen LogP contribution in [0, 0.1) is 0 Å². The predicted molar refractivity (Wildman–Crippen MR) is 100 cm³/mol. The maximum Gasteiger partial charge on any atom is 0.251 e. The van der Waals surface area contributed by atoms with Crippen LogP contribution < -0.4 is 5.32 Å². The summed E-state index contributed by atoms with van der Waals surface area (Å²) in [5.74, 6) is -0.0130. The van der Waals surface area contributed by atoms with Gasteiger partial charge >= 0.3 is 0 Å². The van der Waals surface area contributed by atoms with E-state index in [0.29, 0.717) is 0 Å². The Morgan fingerprint density at radius 3 is 2.56 bits per heavy atom. The molecule has 3 rings (SSSR count). The van der Waals surface area contributed by atoms with Gasteiger partial charge in [-0.05, 0) is 68.6 Å². The third kappa shape index (κ3) is 5.40. The lowest BCUT2D eigenvalue weighted by molar-refractivity contribution is 0.0940. The van der Waals surface area contributed by atoms with Gasteiger partial charge in [-0.1, -0.05) is 24.6 Å². The molecule has 2 heterocycles. The van der Waals surface area contributed by atoms with Crippen LogP contribution in [0.25, 0.3) is 0 Å². The minimum absolute atomic E-state index is 0.0130. The van der Waals surface area contributed by atoms with Crippen molar-refractivity contribution < 1.29 is 4.79 Å². The molecule has 4 nitrogen and oxygen atoms in total. The van der Waals surface area contributed by atoms with Crippen molar-refractivity contribution in [1.29, 1.82) is 0 Å². The first-order chi connectivity index (χ1) is 12.2. The van der Waals surface area contributed by atoms with Crippen molar-refractivity contribution in [3.8, 4) is 0 Å². The maximum absolute atomic E-state index is 12.4. The van der Waals surface area contributed by atoms with E-state index < -0.39 is 0 Å². The minimum Gasteiger partial charge on any atom is -0.349 e. The summed E-state index contributed by atoms with van der Waals surface area (Å²) in [6.07, 6.45) is 8.35. The molecule has 1 aliphatic heterocycles. The summed E-state index contributed by atoms with van der Waals surface area (Å²) < 4.78 is 0. The van der Waals surface area contributed by atoms with Crippen LogP contribution >= 0.6 is 0 Å². The lowest BCUT2D eigenvalue weighted by atomic mass is 10.1. The Morgan fingerprint density at radius 2 is 1.88 bits per heavy atom.